The number of rotatable bonds is 3. The van der Waals surface area contributed by atoms with E-state index in [-0.39, 0.29) is 17.8 Å². The number of hydrogen-bond acceptors (Lipinski definition) is 4. The van der Waals surface area contributed by atoms with Crippen LogP contribution in [0.3, 0.4) is 0 Å². The standard InChI is InChI=1S/C16H15NO3S/c1-3-20-13(18)9-12-8-11-5-4-10-6-7-21-16(10)15(19)14(11)17(12)2/h4-8H,3,9H2,1-2H3. The maximum Gasteiger partial charge on any atom is 0.311 e. The Morgan fingerprint density at radius 2 is 2.05 bits per heavy atom. The third kappa shape index (κ3) is 2.34. The molecule has 0 aliphatic heterocycles. The maximum atomic E-state index is 12.7. The monoisotopic (exact) mass is 301 g/mol. The number of thiophene rings is 1. The SMILES string of the molecule is CCOC(=O)Cc1cc2ccc3ccsc3c(=O)c2n1C. The molecule has 0 N–H and O–H groups in total. The molecule has 0 amide bonds. The lowest BCUT2D eigenvalue weighted by atomic mass is 10.3. The molecule has 0 unspecified atom stereocenters. The Balaban J connectivity index is 2.21. The number of aryl methyl sites for hydroxylation is 1. The van der Waals surface area contributed by atoms with E-state index in [1.165, 1.54) is 11.3 Å². The third-order valence-corrected chi connectivity index (χ3v) is 4.48. The van der Waals surface area contributed by atoms with Crippen molar-refractivity contribution in [1.82, 2.24) is 4.57 Å². The maximum absolute atomic E-state index is 12.7. The van der Waals surface area contributed by atoms with E-state index < -0.39 is 0 Å². The van der Waals surface area contributed by atoms with Crippen molar-refractivity contribution in [3.63, 3.8) is 0 Å². The van der Waals surface area contributed by atoms with Gasteiger partial charge in [-0.2, -0.15) is 0 Å². The van der Waals surface area contributed by atoms with Crippen molar-refractivity contribution in [1.29, 1.82) is 0 Å². The van der Waals surface area contributed by atoms with Gasteiger partial charge >= 0.3 is 5.97 Å². The first kappa shape index (κ1) is 13.8. The Morgan fingerprint density at radius 1 is 1.29 bits per heavy atom. The molecule has 3 rings (SSSR count). The van der Waals surface area contributed by atoms with Crippen LogP contribution in [0.4, 0.5) is 0 Å². The molecule has 0 atom stereocenters. The van der Waals surface area contributed by atoms with Crippen LogP contribution in [0.25, 0.3) is 21.0 Å². The van der Waals surface area contributed by atoms with Gasteiger partial charge in [0.15, 0.2) is 0 Å². The predicted octanol–water partition coefficient (Wildman–Crippen LogP) is 2.86. The molecule has 0 fully saturated rings. The topological polar surface area (TPSA) is 48.3 Å². The molecule has 2 heterocycles. The lowest BCUT2D eigenvalue weighted by molar-refractivity contribution is -0.142. The molecule has 0 aliphatic rings. The molecule has 2 aromatic heterocycles. The van der Waals surface area contributed by atoms with Gasteiger partial charge in [-0.05, 0) is 29.8 Å². The first-order valence-electron chi connectivity index (χ1n) is 6.76. The molecule has 0 saturated heterocycles. The van der Waals surface area contributed by atoms with Gasteiger partial charge in [-0.3, -0.25) is 9.59 Å². The van der Waals surface area contributed by atoms with E-state index in [0.717, 1.165) is 21.2 Å². The Labute approximate surface area is 125 Å². The number of nitrogens with zero attached hydrogens (tertiary/aromatic N) is 1. The second-order valence-electron chi connectivity index (χ2n) is 4.85. The van der Waals surface area contributed by atoms with Crippen LogP contribution in [-0.2, 0) is 23.0 Å². The largest absolute Gasteiger partial charge is 0.466 e. The highest BCUT2D eigenvalue weighted by atomic mass is 32.1. The van der Waals surface area contributed by atoms with Gasteiger partial charge in [0.25, 0.3) is 0 Å². The van der Waals surface area contributed by atoms with Gasteiger partial charge in [-0.25, -0.2) is 0 Å². The minimum atomic E-state index is -0.276. The molecular formula is C16H15NO3S. The summed E-state index contributed by atoms with van der Waals surface area (Å²) in [6, 6.07) is 7.71. The molecule has 0 radical (unpaired) electrons. The highest BCUT2D eigenvalue weighted by molar-refractivity contribution is 7.17. The molecule has 0 saturated carbocycles. The smallest absolute Gasteiger partial charge is 0.311 e. The van der Waals surface area contributed by atoms with Crippen LogP contribution in [0.1, 0.15) is 12.6 Å². The van der Waals surface area contributed by atoms with Crippen molar-refractivity contribution in [2.75, 3.05) is 6.61 Å². The first-order valence-corrected chi connectivity index (χ1v) is 7.64. The number of aromatic nitrogens is 1. The summed E-state index contributed by atoms with van der Waals surface area (Å²) >= 11 is 1.44. The van der Waals surface area contributed by atoms with Crippen LogP contribution in [0, 0.1) is 0 Å². The Bertz CT molecular complexity index is 892. The second-order valence-corrected chi connectivity index (χ2v) is 5.76. The van der Waals surface area contributed by atoms with E-state index in [9.17, 15) is 9.59 Å². The fraction of sp³-hybridized carbons (Fsp3) is 0.250. The average molecular weight is 301 g/mol. The lowest BCUT2D eigenvalue weighted by Gasteiger charge is -2.03. The van der Waals surface area contributed by atoms with E-state index in [1.807, 2.05) is 36.7 Å². The van der Waals surface area contributed by atoms with Crippen molar-refractivity contribution in [3.05, 3.63) is 45.6 Å². The van der Waals surface area contributed by atoms with Crippen LogP contribution in [0.2, 0.25) is 0 Å². The van der Waals surface area contributed by atoms with Crippen LogP contribution < -0.4 is 5.43 Å². The summed E-state index contributed by atoms with van der Waals surface area (Å²) < 4.78 is 7.52. The molecule has 0 spiro atoms. The van der Waals surface area contributed by atoms with Crippen molar-refractivity contribution in [3.8, 4) is 0 Å². The summed E-state index contributed by atoms with van der Waals surface area (Å²) in [5.41, 5.74) is 1.43. The number of esters is 1. The average Bonchev–Trinajstić information content (AvgIpc) is 2.99. The van der Waals surface area contributed by atoms with Gasteiger partial charge in [0.1, 0.15) is 0 Å². The summed E-state index contributed by atoms with van der Waals surface area (Å²) in [5, 5.41) is 3.72. The molecule has 3 aromatic rings. The molecule has 0 aliphatic carbocycles. The van der Waals surface area contributed by atoms with Gasteiger partial charge in [-0.15, -0.1) is 11.3 Å². The number of fused-ring (bicyclic) bond motifs is 2. The van der Waals surface area contributed by atoms with E-state index in [1.54, 1.807) is 11.5 Å². The molecule has 4 nitrogen and oxygen atoms in total. The zero-order valence-corrected chi connectivity index (χ0v) is 12.7. The minimum Gasteiger partial charge on any atom is -0.466 e. The van der Waals surface area contributed by atoms with Gasteiger partial charge in [0, 0.05) is 18.1 Å². The molecule has 1 aromatic carbocycles. The summed E-state index contributed by atoms with van der Waals surface area (Å²) in [6.45, 7) is 2.14. The zero-order chi connectivity index (χ0) is 15.0. The van der Waals surface area contributed by atoms with Crippen LogP contribution in [0.5, 0.6) is 0 Å². The quantitative estimate of drug-likeness (QED) is 0.699. The Morgan fingerprint density at radius 3 is 2.81 bits per heavy atom. The summed E-state index contributed by atoms with van der Waals surface area (Å²) in [5.74, 6) is -0.276. The van der Waals surface area contributed by atoms with Gasteiger partial charge in [-0.1, -0.05) is 12.1 Å². The fourth-order valence-electron chi connectivity index (χ4n) is 2.54. The number of carbonyl (C=O) groups is 1. The van der Waals surface area contributed by atoms with Crippen LogP contribution in [-0.4, -0.2) is 17.1 Å². The molecule has 21 heavy (non-hydrogen) atoms. The fourth-order valence-corrected chi connectivity index (χ4v) is 3.37. The van der Waals surface area contributed by atoms with Crippen LogP contribution in [0.15, 0.2) is 34.4 Å². The molecule has 5 heteroatoms. The highest BCUT2D eigenvalue weighted by Crippen LogP contribution is 2.22. The molecule has 0 bridgehead atoms. The van der Waals surface area contributed by atoms with E-state index in [2.05, 4.69) is 0 Å². The number of carbonyl (C=O) groups excluding carboxylic acids is 1. The zero-order valence-electron chi connectivity index (χ0n) is 11.9. The number of hydrogen-bond donors (Lipinski definition) is 0. The first-order chi connectivity index (χ1) is 10.1. The van der Waals surface area contributed by atoms with Gasteiger partial charge in [0.05, 0.1) is 23.2 Å². The lowest BCUT2D eigenvalue weighted by Crippen LogP contribution is -2.11. The second kappa shape index (κ2) is 5.33. The predicted molar refractivity (Wildman–Crippen MR) is 84.9 cm³/mol. The van der Waals surface area contributed by atoms with Crippen molar-refractivity contribution >= 4 is 38.3 Å². The minimum absolute atomic E-state index is 0.0117. The van der Waals surface area contributed by atoms with E-state index in [0.29, 0.717) is 12.1 Å². The van der Waals surface area contributed by atoms with Crippen LogP contribution >= 0.6 is 11.3 Å². The van der Waals surface area contributed by atoms with E-state index in [4.69, 9.17) is 4.74 Å². The van der Waals surface area contributed by atoms with Crippen molar-refractivity contribution in [2.45, 2.75) is 13.3 Å². The summed E-state index contributed by atoms with van der Waals surface area (Å²) in [7, 11) is 1.82. The summed E-state index contributed by atoms with van der Waals surface area (Å²) in [4.78, 5) is 24.3. The Kier molecular flexibility index (Phi) is 3.51. The molecular weight excluding hydrogens is 286 g/mol. The number of ether oxygens (including phenoxy) is 1. The summed E-state index contributed by atoms with van der Waals surface area (Å²) in [6.07, 6.45) is 0.176. The van der Waals surface area contributed by atoms with E-state index >= 15 is 0 Å². The van der Waals surface area contributed by atoms with Gasteiger partial charge < -0.3 is 9.30 Å². The molecule has 108 valence electrons. The van der Waals surface area contributed by atoms with Crippen molar-refractivity contribution in [2.24, 2.45) is 7.05 Å². The third-order valence-electron chi connectivity index (χ3n) is 3.55. The Hall–Kier alpha value is -2.14. The normalized spacial score (nSPS) is 11.1. The van der Waals surface area contributed by atoms with Crippen molar-refractivity contribution < 1.29 is 9.53 Å². The highest BCUT2D eigenvalue weighted by Gasteiger charge is 2.13. The van der Waals surface area contributed by atoms with Gasteiger partial charge in [0.2, 0.25) is 5.43 Å².